The van der Waals surface area contributed by atoms with Gasteiger partial charge >= 0.3 is 6.18 Å². The van der Waals surface area contributed by atoms with Gasteiger partial charge in [0.2, 0.25) is 5.94 Å². The van der Waals surface area contributed by atoms with Gasteiger partial charge < -0.3 is 5.11 Å². The van der Waals surface area contributed by atoms with E-state index in [9.17, 15) is 13.2 Å². The van der Waals surface area contributed by atoms with E-state index in [1.54, 1.807) is 0 Å². The summed E-state index contributed by atoms with van der Waals surface area (Å²) in [6.07, 6.45) is -4.86. The van der Waals surface area contributed by atoms with Gasteiger partial charge in [0.1, 0.15) is 5.75 Å². The standard InChI is InChI=1S/C4H7F3OS/c5-4(6,7)1-2-9-3-8/h8H,1-3H2/p+1. The van der Waals surface area contributed by atoms with Crippen LogP contribution < -0.4 is 0 Å². The van der Waals surface area contributed by atoms with Crippen LogP contribution in [-0.2, 0) is 11.8 Å². The van der Waals surface area contributed by atoms with Gasteiger partial charge in [-0.1, -0.05) is 0 Å². The summed E-state index contributed by atoms with van der Waals surface area (Å²) in [7, 11) is 0. The first-order chi connectivity index (χ1) is 4.06. The van der Waals surface area contributed by atoms with Crippen molar-refractivity contribution in [3.05, 3.63) is 0 Å². The molecule has 0 atom stereocenters. The molecule has 0 aliphatic heterocycles. The van der Waals surface area contributed by atoms with Crippen molar-refractivity contribution in [2.24, 2.45) is 0 Å². The van der Waals surface area contributed by atoms with Crippen molar-refractivity contribution in [2.45, 2.75) is 12.6 Å². The molecule has 0 saturated heterocycles. The van der Waals surface area contributed by atoms with Crippen molar-refractivity contribution in [1.82, 2.24) is 0 Å². The number of aliphatic hydroxyl groups is 1. The number of halogens is 3. The van der Waals surface area contributed by atoms with Gasteiger partial charge in [-0.25, -0.2) is 0 Å². The highest BCUT2D eigenvalue weighted by Crippen LogP contribution is 2.18. The van der Waals surface area contributed by atoms with Gasteiger partial charge in [-0.05, 0) is 11.8 Å². The number of alkyl halides is 3. The Kier molecular flexibility index (Phi) is 4.05. The molecule has 0 aliphatic carbocycles. The van der Waals surface area contributed by atoms with Crippen molar-refractivity contribution in [1.29, 1.82) is 0 Å². The maximum Gasteiger partial charge on any atom is 0.393 e. The summed E-state index contributed by atoms with van der Waals surface area (Å²) in [6, 6.07) is 0. The summed E-state index contributed by atoms with van der Waals surface area (Å²) in [5, 5.41) is 8.08. The summed E-state index contributed by atoms with van der Waals surface area (Å²) in [5.41, 5.74) is 0. The molecule has 1 nitrogen and oxygen atoms in total. The second kappa shape index (κ2) is 4.00. The Bertz CT molecular complexity index is 72.7. The first-order valence-electron chi connectivity index (χ1n) is 2.37. The van der Waals surface area contributed by atoms with Crippen LogP contribution >= 0.6 is 0 Å². The van der Waals surface area contributed by atoms with Crippen LogP contribution in [0.15, 0.2) is 0 Å². The topological polar surface area (TPSA) is 20.2 Å². The number of aliphatic hydroxyl groups excluding tert-OH is 1. The molecule has 5 heteroatoms. The zero-order valence-corrected chi connectivity index (χ0v) is 5.54. The van der Waals surface area contributed by atoms with Crippen molar-refractivity contribution in [3.63, 3.8) is 0 Å². The lowest BCUT2D eigenvalue weighted by molar-refractivity contribution is -0.129. The molecule has 0 heterocycles. The first-order valence-corrected chi connectivity index (χ1v) is 3.63. The van der Waals surface area contributed by atoms with Crippen LogP contribution in [0.4, 0.5) is 13.2 Å². The largest absolute Gasteiger partial charge is 0.393 e. The second-order valence-electron chi connectivity index (χ2n) is 1.45. The lowest BCUT2D eigenvalue weighted by atomic mass is 10.5. The highest BCUT2D eigenvalue weighted by molar-refractivity contribution is 7.78. The molecule has 0 rings (SSSR count). The van der Waals surface area contributed by atoms with Gasteiger partial charge in [0.25, 0.3) is 0 Å². The average Bonchev–Trinajstić information content (AvgIpc) is 1.63. The Labute approximate surface area is 55.2 Å². The lowest BCUT2D eigenvalue weighted by Gasteiger charge is -1.99. The van der Waals surface area contributed by atoms with Gasteiger partial charge in [0.15, 0.2) is 0 Å². The fourth-order valence-corrected chi connectivity index (χ4v) is 0.830. The van der Waals surface area contributed by atoms with Crippen LogP contribution in [-0.4, -0.2) is 23.0 Å². The van der Waals surface area contributed by atoms with Crippen LogP contribution in [0, 0.1) is 0 Å². The first kappa shape index (κ1) is 9.10. The maximum atomic E-state index is 11.3. The summed E-state index contributed by atoms with van der Waals surface area (Å²) in [5.74, 6) is -0.184. The van der Waals surface area contributed by atoms with Crippen LogP contribution in [0.25, 0.3) is 0 Å². The van der Waals surface area contributed by atoms with Gasteiger partial charge in [0, 0.05) is 0 Å². The molecule has 0 aromatic rings. The molecule has 0 saturated carbocycles. The minimum Gasteiger partial charge on any atom is -0.352 e. The van der Waals surface area contributed by atoms with E-state index >= 15 is 0 Å². The fraction of sp³-hybridized carbons (Fsp3) is 1.00. The average molecular weight is 161 g/mol. The third kappa shape index (κ3) is 8.10. The summed E-state index contributed by atoms with van der Waals surface area (Å²) in [6.45, 7) is 0. The van der Waals surface area contributed by atoms with Gasteiger partial charge in [-0.2, -0.15) is 13.2 Å². The third-order valence-corrected chi connectivity index (χ3v) is 1.39. The minimum atomic E-state index is -4.07. The zero-order valence-electron chi connectivity index (χ0n) is 4.65. The molecule has 0 aromatic carbocycles. The Morgan fingerprint density at radius 1 is 1.33 bits per heavy atom. The predicted molar refractivity (Wildman–Crippen MR) is 31.4 cm³/mol. The fourth-order valence-electron chi connectivity index (χ4n) is 0.277. The van der Waals surface area contributed by atoms with Crippen LogP contribution in [0.2, 0.25) is 0 Å². The summed E-state index contributed by atoms with van der Waals surface area (Å²) in [4.78, 5) is 0. The van der Waals surface area contributed by atoms with E-state index in [2.05, 4.69) is 0 Å². The third-order valence-electron chi connectivity index (χ3n) is 0.653. The van der Waals surface area contributed by atoms with E-state index in [-0.39, 0.29) is 11.7 Å². The van der Waals surface area contributed by atoms with Crippen molar-refractivity contribution >= 4 is 11.8 Å². The SMILES string of the molecule is OC[SH+]CCC(F)(F)F. The van der Waals surface area contributed by atoms with Gasteiger partial charge in [-0.3, -0.25) is 0 Å². The number of hydrogen-bond donors (Lipinski definition) is 1. The predicted octanol–water partition coefficient (Wildman–Crippen LogP) is 0.704. The number of hydrogen-bond acceptors (Lipinski definition) is 1. The van der Waals surface area contributed by atoms with E-state index in [4.69, 9.17) is 5.11 Å². The van der Waals surface area contributed by atoms with Crippen molar-refractivity contribution in [2.75, 3.05) is 11.7 Å². The Morgan fingerprint density at radius 3 is 2.22 bits per heavy atom. The van der Waals surface area contributed by atoms with Crippen molar-refractivity contribution in [3.8, 4) is 0 Å². The molecule has 9 heavy (non-hydrogen) atoms. The number of thiol groups is 1. The summed E-state index contributed by atoms with van der Waals surface area (Å²) >= 11 is 0.447. The smallest absolute Gasteiger partial charge is 0.352 e. The molecule has 0 radical (unpaired) electrons. The molecule has 0 fully saturated rings. The minimum absolute atomic E-state index is 0. The van der Waals surface area contributed by atoms with E-state index in [1.165, 1.54) is 0 Å². The molecule has 56 valence electrons. The molecule has 1 N–H and O–H groups in total. The van der Waals surface area contributed by atoms with Crippen LogP contribution in [0.5, 0.6) is 0 Å². The van der Waals surface area contributed by atoms with E-state index in [0.717, 1.165) is 0 Å². The van der Waals surface area contributed by atoms with Crippen molar-refractivity contribution < 1.29 is 18.3 Å². The van der Waals surface area contributed by atoms with Gasteiger partial charge in [-0.15, -0.1) is 0 Å². The van der Waals surface area contributed by atoms with Crippen LogP contribution in [0.3, 0.4) is 0 Å². The second-order valence-corrected chi connectivity index (χ2v) is 2.63. The summed E-state index contributed by atoms with van der Waals surface area (Å²) < 4.78 is 33.9. The molecule has 0 spiro atoms. The zero-order chi connectivity index (χ0) is 7.33. The lowest BCUT2D eigenvalue weighted by Crippen LogP contribution is -2.11. The molecular weight excluding hydrogens is 153 g/mol. The molecule has 0 bridgehead atoms. The normalized spacial score (nSPS) is 12.0. The maximum absolute atomic E-state index is 11.3. The van der Waals surface area contributed by atoms with E-state index in [0.29, 0.717) is 11.8 Å². The monoisotopic (exact) mass is 161 g/mol. The quantitative estimate of drug-likeness (QED) is 0.367. The molecule has 0 unspecified atom stereocenters. The molecule has 0 amide bonds. The van der Waals surface area contributed by atoms with Crippen LogP contribution in [0.1, 0.15) is 6.42 Å². The molecular formula is C4H8F3OS+. The van der Waals surface area contributed by atoms with Gasteiger partial charge in [0.05, 0.1) is 6.42 Å². The van der Waals surface area contributed by atoms with E-state index in [1.807, 2.05) is 0 Å². The molecule has 0 aromatic heterocycles. The molecule has 0 aliphatic rings. The highest BCUT2D eigenvalue weighted by atomic mass is 32.2. The Balaban J connectivity index is 3.07. The Morgan fingerprint density at radius 2 is 1.89 bits per heavy atom. The highest BCUT2D eigenvalue weighted by Gasteiger charge is 2.27. The Hall–Kier alpha value is 0.100. The van der Waals surface area contributed by atoms with E-state index < -0.39 is 12.6 Å². The number of rotatable bonds is 3.